The molecule has 0 aliphatic heterocycles. The number of carbonyl (C=O) groups is 3. The molecular weight excluding hydrogens is 502 g/mol. The summed E-state index contributed by atoms with van der Waals surface area (Å²) in [5.74, 6) is -10.0. The number of allylic oxidation sites excluding steroid dienone is 1. The van der Waals surface area contributed by atoms with Crippen molar-refractivity contribution in [3.63, 3.8) is 0 Å². The van der Waals surface area contributed by atoms with Gasteiger partial charge in [-0.2, -0.15) is 0 Å². The van der Waals surface area contributed by atoms with Crippen LogP contribution in [-0.4, -0.2) is 63.7 Å². The lowest BCUT2D eigenvalue weighted by Gasteiger charge is -2.48. The minimum atomic E-state index is -2.63. The Morgan fingerprint density at radius 1 is 1.11 bits per heavy atom. The van der Waals surface area contributed by atoms with Crippen molar-refractivity contribution in [1.29, 1.82) is 0 Å². The lowest BCUT2D eigenvalue weighted by atomic mass is 9.57. The van der Waals surface area contributed by atoms with Crippen LogP contribution in [-0.2, 0) is 16.0 Å². The fourth-order valence-corrected chi connectivity index (χ4v) is 6.29. The molecule has 1 amide bonds. The zero-order chi connectivity index (χ0) is 27.8. The number of primary amides is 1. The van der Waals surface area contributed by atoms with Gasteiger partial charge in [-0.15, -0.1) is 0 Å². The second-order valence-electron chi connectivity index (χ2n) is 10.4. The Morgan fingerprint density at radius 3 is 2.39 bits per heavy atom. The zero-order valence-electron chi connectivity index (χ0n) is 20.5. The van der Waals surface area contributed by atoms with E-state index in [1.165, 1.54) is 6.07 Å². The monoisotopic (exact) mass is 528 g/mol. The van der Waals surface area contributed by atoms with E-state index in [-0.39, 0.29) is 41.5 Å². The van der Waals surface area contributed by atoms with Gasteiger partial charge in [0.25, 0.3) is 0 Å². The van der Waals surface area contributed by atoms with E-state index in [9.17, 15) is 43.6 Å². The highest BCUT2D eigenvalue weighted by molar-refractivity contribution is 6.17. The molecule has 3 aliphatic rings. The highest BCUT2D eigenvalue weighted by Gasteiger charge is 2.62. The Morgan fingerprint density at radius 2 is 1.79 bits per heavy atom. The number of rotatable bonds is 3. The van der Waals surface area contributed by atoms with E-state index < -0.39 is 70.1 Å². The standard InChI is InChI=1S/C27H26F2N2O7/c1-31(2)17-9-14(13-4-3-12(28)8-16(13)29)22(33)20-15(17)6-10-5-11-7-18(32)21(26(30)37)25(36)27(11,38)24(35)19(10)23(20)34/h3-4,8-11,18,21,32-33,35,38H,5-7H2,1-2H3,(H2,30,37)/t10-,11+,18?,21?,27+/m1/s1. The predicted octanol–water partition coefficient (Wildman–Crippen LogP) is 1.76. The summed E-state index contributed by atoms with van der Waals surface area (Å²) in [5.41, 5.74) is 2.72. The highest BCUT2D eigenvalue weighted by atomic mass is 19.1. The first kappa shape index (κ1) is 25.8. The number of aromatic hydroxyl groups is 1. The number of fused-ring (bicyclic) bond motifs is 3. The van der Waals surface area contributed by atoms with Gasteiger partial charge < -0.3 is 31.1 Å². The summed E-state index contributed by atoms with van der Waals surface area (Å²) in [6.07, 6.45) is -1.53. The van der Waals surface area contributed by atoms with Crippen LogP contribution in [0, 0.1) is 29.4 Å². The number of phenolic OH excluding ortho intramolecular Hbond substituents is 1. The molecule has 0 heterocycles. The van der Waals surface area contributed by atoms with Crippen molar-refractivity contribution < 1.29 is 43.6 Å². The van der Waals surface area contributed by atoms with Gasteiger partial charge in [0.1, 0.15) is 29.1 Å². The van der Waals surface area contributed by atoms with Gasteiger partial charge in [0.05, 0.1) is 11.7 Å². The molecule has 11 heteroatoms. The van der Waals surface area contributed by atoms with E-state index in [1.807, 2.05) is 0 Å². The van der Waals surface area contributed by atoms with Crippen LogP contribution >= 0.6 is 0 Å². The first-order valence-corrected chi connectivity index (χ1v) is 12.0. The molecule has 6 N–H and O–H groups in total. The molecule has 200 valence electrons. The molecule has 2 unspecified atom stereocenters. The summed E-state index contributed by atoms with van der Waals surface area (Å²) < 4.78 is 28.2. The van der Waals surface area contributed by atoms with E-state index in [4.69, 9.17) is 5.73 Å². The molecule has 0 spiro atoms. The van der Waals surface area contributed by atoms with E-state index in [0.29, 0.717) is 17.3 Å². The van der Waals surface area contributed by atoms with E-state index in [2.05, 4.69) is 0 Å². The van der Waals surface area contributed by atoms with Crippen molar-refractivity contribution in [3.05, 3.63) is 58.4 Å². The van der Waals surface area contributed by atoms with Crippen LogP contribution in [0.4, 0.5) is 14.5 Å². The molecule has 5 atom stereocenters. The predicted molar refractivity (Wildman–Crippen MR) is 130 cm³/mol. The number of carbonyl (C=O) groups excluding carboxylic acids is 3. The normalized spacial score (nSPS) is 28.5. The number of amides is 1. The van der Waals surface area contributed by atoms with Gasteiger partial charge in [-0.3, -0.25) is 14.4 Å². The molecule has 3 aliphatic carbocycles. The molecular formula is C27H26F2N2O7. The molecule has 9 nitrogen and oxygen atoms in total. The number of nitrogens with two attached hydrogens (primary N) is 1. The molecule has 2 aromatic rings. The van der Waals surface area contributed by atoms with Crippen molar-refractivity contribution in [1.82, 2.24) is 0 Å². The third-order valence-electron chi connectivity index (χ3n) is 8.07. The van der Waals surface area contributed by atoms with Crippen molar-refractivity contribution in [3.8, 4) is 16.9 Å². The topological polar surface area (TPSA) is 161 Å². The summed E-state index contributed by atoms with van der Waals surface area (Å²) in [5, 5.41) is 44.2. The number of Topliss-reactive ketones (excluding diaryl/α,β-unsaturated/α-hetero) is 2. The number of phenols is 1. The van der Waals surface area contributed by atoms with E-state index in [1.54, 1.807) is 19.0 Å². The number of hydrogen-bond acceptors (Lipinski definition) is 8. The van der Waals surface area contributed by atoms with Gasteiger partial charge in [-0.25, -0.2) is 8.78 Å². The third-order valence-corrected chi connectivity index (χ3v) is 8.07. The number of halogens is 2. The second-order valence-corrected chi connectivity index (χ2v) is 10.4. The first-order valence-electron chi connectivity index (χ1n) is 12.0. The molecule has 0 aromatic heterocycles. The molecule has 2 aromatic carbocycles. The van der Waals surface area contributed by atoms with Gasteiger partial charge in [-0.05, 0) is 48.9 Å². The fourth-order valence-electron chi connectivity index (χ4n) is 6.29. The molecule has 5 rings (SSSR count). The molecule has 38 heavy (non-hydrogen) atoms. The molecule has 1 fully saturated rings. The molecule has 1 saturated carbocycles. The summed E-state index contributed by atoms with van der Waals surface area (Å²) in [6.45, 7) is 0. The maximum atomic E-state index is 14.7. The Bertz CT molecular complexity index is 1450. The Balaban J connectivity index is 1.73. The van der Waals surface area contributed by atoms with Gasteiger partial charge in [0, 0.05) is 48.5 Å². The smallest absolute Gasteiger partial charge is 0.230 e. The van der Waals surface area contributed by atoms with Gasteiger partial charge in [-0.1, -0.05) is 0 Å². The van der Waals surface area contributed by atoms with Crippen LogP contribution in [0.15, 0.2) is 35.6 Å². The molecule has 0 saturated heterocycles. The highest BCUT2D eigenvalue weighted by Crippen LogP contribution is 2.53. The lowest BCUT2D eigenvalue weighted by Crippen LogP contribution is -2.63. The largest absolute Gasteiger partial charge is 0.508 e. The van der Waals surface area contributed by atoms with Gasteiger partial charge >= 0.3 is 0 Å². The fraction of sp³-hybridized carbons (Fsp3) is 0.370. The van der Waals surface area contributed by atoms with E-state index >= 15 is 0 Å². The van der Waals surface area contributed by atoms with E-state index in [0.717, 1.165) is 12.1 Å². The molecule has 0 radical (unpaired) electrons. The molecule has 0 bridgehead atoms. The van der Waals surface area contributed by atoms with Crippen LogP contribution in [0.1, 0.15) is 28.8 Å². The number of aliphatic hydroxyl groups excluding tert-OH is 2. The lowest BCUT2D eigenvalue weighted by molar-refractivity contribution is -0.167. The van der Waals surface area contributed by atoms with Crippen LogP contribution in [0.3, 0.4) is 0 Å². The maximum absolute atomic E-state index is 14.7. The third kappa shape index (κ3) is 3.45. The number of anilines is 1. The average Bonchev–Trinajstić information content (AvgIpc) is 2.81. The average molecular weight is 529 g/mol. The maximum Gasteiger partial charge on any atom is 0.230 e. The number of aliphatic hydroxyl groups is 3. The quantitative estimate of drug-likeness (QED) is 0.377. The van der Waals surface area contributed by atoms with Crippen LogP contribution < -0.4 is 10.6 Å². The van der Waals surface area contributed by atoms with Crippen LogP contribution in [0.5, 0.6) is 5.75 Å². The zero-order valence-corrected chi connectivity index (χ0v) is 20.5. The minimum Gasteiger partial charge on any atom is -0.508 e. The second kappa shape index (κ2) is 8.60. The summed E-state index contributed by atoms with van der Waals surface area (Å²) >= 11 is 0. The van der Waals surface area contributed by atoms with Gasteiger partial charge in [0.2, 0.25) is 5.91 Å². The number of benzene rings is 2. The number of nitrogens with zero attached hydrogens (tertiary/aromatic N) is 1. The van der Waals surface area contributed by atoms with Crippen molar-refractivity contribution in [2.45, 2.75) is 31.0 Å². The van der Waals surface area contributed by atoms with Crippen molar-refractivity contribution >= 4 is 23.2 Å². The summed E-state index contributed by atoms with van der Waals surface area (Å²) in [7, 11) is 3.37. The first-order chi connectivity index (χ1) is 17.8. The van der Waals surface area contributed by atoms with Gasteiger partial charge in [0.15, 0.2) is 17.2 Å². The van der Waals surface area contributed by atoms with Crippen LogP contribution in [0.25, 0.3) is 11.1 Å². The summed E-state index contributed by atoms with van der Waals surface area (Å²) in [4.78, 5) is 40.5. The van der Waals surface area contributed by atoms with Crippen LogP contribution in [0.2, 0.25) is 0 Å². The number of ketones is 2. The Labute approximate surface area is 215 Å². The summed E-state index contributed by atoms with van der Waals surface area (Å²) in [6, 6.07) is 4.26. The van der Waals surface area contributed by atoms with Crippen molar-refractivity contribution in [2.24, 2.45) is 23.5 Å². The Hall–Kier alpha value is -3.83. The number of hydrogen-bond donors (Lipinski definition) is 5. The van der Waals surface area contributed by atoms with Crippen molar-refractivity contribution in [2.75, 3.05) is 19.0 Å². The minimum absolute atomic E-state index is 0.0251. The Kier molecular flexibility index (Phi) is 5.84. The SMILES string of the molecule is CN(C)c1cc(-c2ccc(F)cc2F)c(O)c2c1C[C@H]1C[C@H]3CC(O)C(C(N)=O)C(=O)[C@@]3(O)C(O)=C1C2=O.